The van der Waals surface area contributed by atoms with E-state index in [-0.39, 0.29) is 24.8 Å². The van der Waals surface area contributed by atoms with Crippen LogP contribution in [0.15, 0.2) is 24.3 Å². The van der Waals surface area contributed by atoms with Crippen LogP contribution in [-0.4, -0.2) is 64.8 Å². The number of carbonyl (C=O) groups is 4. The Labute approximate surface area is 200 Å². The lowest BCUT2D eigenvalue weighted by Crippen LogP contribution is -2.56. The second-order valence-corrected chi connectivity index (χ2v) is 10.6. The van der Waals surface area contributed by atoms with Crippen LogP contribution in [0.1, 0.15) is 53.0 Å². The van der Waals surface area contributed by atoms with E-state index in [9.17, 15) is 19.2 Å². The number of amides is 4. The third-order valence-electron chi connectivity index (χ3n) is 6.34. The molecule has 1 fully saturated rings. The molecule has 0 unspecified atom stereocenters. The van der Waals surface area contributed by atoms with Crippen LogP contribution < -0.4 is 10.6 Å². The van der Waals surface area contributed by atoms with Crippen LogP contribution in [0, 0.1) is 12.5 Å². The van der Waals surface area contributed by atoms with Crippen LogP contribution in [0.2, 0.25) is 0 Å². The van der Waals surface area contributed by atoms with Crippen LogP contribution in [0.4, 0.5) is 5.69 Å². The number of nitrogens with zero attached hydrogens (tertiary/aromatic N) is 3. The predicted octanol–water partition coefficient (Wildman–Crippen LogP) is 2.14. The highest BCUT2D eigenvalue weighted by atomic mass is 16.2. The maximum absolute atomic E-state index is 13.8. The van der Waals surface area contributed by atoms with E-state index in [1.54, 1.807) is 26.8 Å². The van der Waals surface area contributed by atoms with Gasteiger partial charge in [0.1, 0.15) is 11.5 Å². The molecule has 9 heteroatoms. The molecule has 4 amide bonds. The average Bonchev–Trinajstić information content (AvgIpc) is 3.28. The van der Waals surface area contributed by atoms with Gasteiger partial charge in [0.15, 0.2) is 0 Å². The van der Waals surface area contributed by atoms with Gasteiger partial charge >= 0.3 is 18.0 Å². The number of carbonyl (C=O) groups excluding carboxylic acids is 4. The highest BCUT2D eigenvalue weighted by Gasteiger charge is 2.59. The van der Waals surface area contributed by atoms with Gasteiger partial charge in [0.2, 0.25) is 5.91 Å². The summed E-state index contributed by atoms with van der Waals surface area (Å²) in [6.07, 6.45) is -0.339. The summed E-state index contributed by atoms with van der Waals surface area (Å²) in [6.45, 7) is 16.9. The average molecular weight is 468 g/mol. The second-order valence-electron chi connectivity index (χ2n) is 10.6. The van der Waals surface area contributed by atoms with Gasteiger partial charge in [-0.15, -0.1) is 0 Å². The first kappa shape index (κ1) is 25.2. The van der Waals surface area contributed by atoms with Crippen molar-refractivity contribution in [3.8, 4) is 0 Å². The van der Waals surface area contributed by atoms with E-state index >= 15 is 0 Å². The molecule has 0 saturated carbocycles. The third-order valence-corrected chi connectivity index (χ3v) is 6.34. The number of para-hydroxylation sites is 1. The van der Waals surface area contributed by atoms with Gasteiger partial charge in [0.05, 0.1) is 6.42 Å². The number of anilines is 1. The summed E-state index contributed by atoms with van der Waals surface area (Å²) in [7, 11) is 1.44. The molecule has 182 valence electrons. The van der Waals surface area contributed by atoms with Gasteiger partial charge in [-0.1, -0.05) is 32.0 Å². The SMILES string of the molecule is [C-]#[N+][C@@H]1C[C@@]2(CN1C(=O)[C@H](CC(C)C)N(C)C(=O)C(=O)NC(C)(C)C)C(=O)Nc1ccccc12. The van der Waals surface area contributed by atoms with E-state index < -0.39 is 40.9 Å². The summed E-state index contributed by atoms with van der Waals surface area (Å²) in [5.74, 6) is -2.21. The molecule has 1 saturated heterocycles. The Morgan fingerprint density at radius 1 is 1.29 bits per heavy atom. The quantitative estimate of drug-likeness (QED) is 0.523. The maximum Gasteiger partial charge on any atom is 0.312 e. The fraction of sp³-hybridized carbons (Fsp3) is 0.560. The maximum atomic E-state index is 13.8. The summed E-state index contributed by atoms with van der Waals surface area (Å²) >= 11 is 0. The fourth-order valence-electron chi connectivity index (χ4n) is 4.71. The molecule has 2 aliphatic heterocycles. The normalized spacial score (nSPS) is 22.2. The molecular weight excluding hydrogens is 434 g/mol. The minimum absolute atomic E-state index is 0.0482. The van der Waals surface area contributed by atoms with Gasteiger partial charge < -0.3 is 15.5 Å². The molecule has 3 atom stereocenters. The van der Waals surface area contributed by atoms with E-state index in [1.165, 1.54) is 11.9 Å². The van der Waals surface area contributed by atoms with Gasteiger partial charge in [-0.3, -0.25) is 28.9 Å². The van der Waals surface area contributed by atoms with Gasteiger partial charge in [-0.05, 0) is 44.7 Å². The van der Waals surface area contributed by atoms with Crippen LogP contribution >= 0.6 is 0 Å². The molecule has 1 aromatic rings. The lowest BCUT2D eigenvalue weighted by atomic mass is 9.80. The largest absolute Gasteiger partial charge is 0.343 e. The van der Waals surface area contributed by atoms with E-state index in [0.717, 1.165) is 10.5 Å². The molecule has 1 spiro atoms. The Morgan fingerprint density at radius 2 is 1.94 bits per heavy atom. The number of benzene rings is 1. The number of hydrogen-bond donors (Lipinski definition) is 2. The van der Waals surface area contributed by atoms with E-state index in [2.05, 4.69) is 15.5 Å². The molecule has 0 aromatic heterocycles. The van der Waals surface area contributed by atoms with Crippen molar-refractivity contribution in [2.45, 2.75) is 70.6 Å². The molecule has 0 aliphatic carbocycles. The molecule has 3 rings (SSSR count). The van der Waals surface area contributed by atoms with Gasteiger partial charge in [0.25, 0.3) is 5.91 Å². The lowest BCUT2D eigenvalue weighted by Gasteiger charge is -2.32. The van der Waals surface area contributed by atoms with Crippen molar-refractivity contribution in [3.63, 3.8) is 0 Å². The number of hydrogen-bond acceptors (Lipinski definition) is 4. The topological polar surface area (TPSA) is 103 Å². The van der Waals surface area contributed by atoms with Crippen molar-refractivity contribution in [1.82, 2.24) is 15.1 Å². The first-order valence-corrected chi connectivity index (χ1v) is 11.5. The van der Waals surface area contributed by atoms with Crippen LogP contribution in [0.5, 0.6) is 0 Å². The number of rotatable bonds is 4. The molecule has 2 heterocycles. The minimum Gasteiger partial charge on any atom is -0.343 e. The number of likely N-dealkylation sites (tertiary alicyclic amines) is 1. The smallest absolute Gasteiger partial charge is 0.312 e. The lowest BCUT2D eigenvalue weighted by molar-refractivity contribution is -0.152. The van der Waals surface area contributed by atoms with E-state index in [4.69, 9.17) is 6.57 Å². The minimum atomic E-state index is -1.00. The van der Waals surface area contributed by atoms with Crippen molar-refractivity contribution in [1.29, 1.82) is 0 Å². The zero-order valence-corrected chi connectivity index (χ0v) is 20.6. The monoisotopic (exact) mass is 467 g/mol. The molecular formula is C25H33N5O4. The fourth-order valence-corrected chi connectivity index (χ4v) is 4.71. The number of nitrogens with one attached hydrogen (secondary N) is 2. The summed E-state index contributed by atoms with van der Waals surface area (Å²) in [5, 5.41) is 5.51. The second kappa shape index (κ2) is 9.09. The zero-order chi connectivity index (χ0) is 25.4. The van der Waals surface area contributed by atoms with Crippen LogP contribution in [-0.2, 0) is 24.6 Å². The number of likely N-dealkylation sites (N-methyl/N-ethyl adjacent to an activating group) is 1. The molecule has 9 nitrogen and oxygen atoms in total. The van der Waals surface area contributed by atoms with Crippen molar-refractivity contribution in [2.24, 2.45) is 5.92 Å². The summed E-state index contributed by atoms with van der Waals surface area (Å²) in [6, 6.07) is 6.38. The Morgan fingerprint density at radius 3 is 2.53 bits per heavy atom. The highest BCUT2D eigenvalue weighted by molar-refractivity contribution is 6.35. The van der Waals surface area contributed by atoms with Crippen LogP contribution in [0.25, 0.3) is 4.85 Å². The van der Waals surface area contributed by atoms with Crippen LogP contribution in [0.3, 0.4) is 0 Å². The Bertz CT molecular complexity index is 1050. The Balaban J connectivity index is 1.91. The third kappa shape index (κ3) is 4.63. The number of fused-ring (bicyclic) bond motifs is 2. The van der Waals surface area contributed by atoms with Crippen molar-refractivity contribution >= 4 is 29.3 Å². The van der Waals surface area contributed by atoms with Gasteiger partial charge in [-0.2, -0.15) is 0 Å². The van der Waals surface area contributed by atoms with Gasteiger partial charge in [-0.25, -0.2) is 6.57 Å². The molecule has 0 radical (unpaired) electrons. The molecule has 0 bridgehead atoms. The molecule has 2 N–H and O–H groups in total. The Kier molecular flexibility index (Phi) is 6.74. The standard InChI is InChI=1S/C25H33N5O4/c1-15(2)12-18(29(7)22(33)20(31)28-24(3,4)5)21(32)30-14-25(13-19(30)26-6)16-10-8-9-11-17(16)27-23(25)34/h8-11,15,18-19H,12-14H2,1-5,7H3,(H,27,34)(H,28,31)/t18-,19-,25-/m0/s1. The summed E-state index contributed by atoms with van der Waals surface area (Å²) < 4.78 is 0. The van der Waals surface area contributed by atoms with E-state index in [1.807, 2.05) is 32.0 Å². The van der Waals surface area contributed by atoms with Crippen molar-refractivity contribution < 1.29 is 19.2 Å². The summed E-state index contributed by atoms with van der Waals surface area (Å²) in [4.78, 5) is 58.5. The Hall–Kier alpha value is -3.41. The van der Waals surface area contributed by atoms with E-state index in [0.29, 0.717) is 12.1 Å². The van der Waals surface area contributed by atoms with Crippen molar-refractivity contribution in [2.75, 3.05) is 18.9 Å². The predicted molar refractivity (Wildman–Crippen MR) is 127 cm³/mol. The highest BCUT2D eigenvalue weighted by Crippen LogP contribution is 2.46. The molecule has 34 heavy (non-hydrogen) atoms. The first-order chi connectivity index (χ1) is 15.8. The summed E-state index contributed by atoms with van der Waals surface area (Å²) in [5.41, 5.74) is -0.144. The first-order valence-electron chi connectivity index (χ1n) is 11.5. The molecule has 1 aromatic carbocycles. The van der Waals surface area contributed by atoms with Crippen molar-refractivity contribution in [3.05, 3.63) is 41.2 Å². The van der Waals surface area contributed by atoms with Gasteiger partial charge in [0, 0.05) is 24.8 Å². The molecule has 2 aliphatic rings. The zero-order valence-electron chi connectivity index (χ0n) is 20.6.